The maximum atomic E-state index is 12.3. The van der Waals surface area contributed by atoms with E-state index in [1.165, 1.54) is 0 Å². The average Bonchev–Trinajstić information content (AvgIpc) is 3.10. The standard InChI is InChI=1S/C16H21N3O4/c1-21-9-7-19(12-14-4-3-8-23-14)16(20)18-11-13-5-6-15(22-2)17-10-13/h3-6,8,10H,7,9,11-12H2,1-2H3,(H,18,20). The molecule has 0 bridgehead atoms. The van der Waals surface area contributed by atoms with Crippen molar-refractivity contribution in [1.82, 2.24) is 15.2 Å². The van der Waals surface area contributed by atoms with Gasteiger partial charge in [-0.15, -0.1) is 0 Å². The molecule has 0 unspecified atom stereocenters. The van der Waals surface area contributed by atoms with Crippen LogP contribution >= 0.6 is 0 Å². The first-order chi connectivity index (χ1) is 11.2. The summed E-state index contributed by atoms with van der Waals surface area (Å²) in [6.07, 6.45) is 3.26. The summed E-state index contributed by atoms with van der Waals surface area (Å²) < 4.78 is 15.4. The van der Waals surface area contributed by atoms with Gasteiger partial charge in [-0.2, -0.15) is 0 Å². The number of nitrogens with zero attached hydrogens (tertiary/aromatic N) is 2. The van der Waals surface area contributed by atoms with Crippen LogP contribution in [0.5, 0.6) is 5.88 Å². The molecule has 0 saturated heterocycles. The highest BCUT2D eigenvalue weighted by molar-refractivity contribution is 5.74. The van der Waals surface area contributed by atoms with Crippen molar-refractivity contribution < 1.29 is 18.7 Å². The van der Waals surface area contributed by atoms with E-state index in [9.17, 15) is 4.79 Å². The number of carbonyl (C=O) groups excluding carboxylic acids is 1. The molecule has 7 heteroatoms. The molecule has 0 aliphatic rings. The van der Waals surface area contributed by atoms with Gasteiger partial charge >= 0.3 is 6.03 Å². The van der Waals surface area contributed by atoms with Gasteiger partial charge in [0, 0.05) is 32.5 Å². The number of methoxy groups -OCH3 is 2. The van der Waals surface area contributed by atoms with Gasteiger partial charge in [0.1, 0.15) is 5.76 Å². The largest absolute Gasteiger partial charge is 0.481 e. The van der Waals surface area contributed by atoms with Crippen LogP contribution in [-0.4, -0.2) is 43.3 Å². The summed E-state index contributed by atoms with van der Waals surface area (Å²) in [6.45, 7) is 1.71. The van der Waals surface area contributed by atoms with E-state index in [1.54, 1.807) is 43.7 Å². The van der Waals surface area contributed by atoms with E-state index in [0.717, 1.165) is 11.3 Å². The number of carbonyl (C=O) groups is 1. The normalized spacial score (nSPS) is 10.3. The van der Waals surface area contributed by atoms with E-state index in [4.69, 9.17) is 13.9 Å². The lowest BCUT2D eigenvalue weighted by molar-refractivity contribution is 0.142. The van der Waals surface area contributed by atoms with Crippen LogP contribution < -0.4 is 10.1 Å². The van der Waals surface area contributed by atoms with E-state index in [-0.39, 0.29) is 6.03 Å². The van der Waals surface area contributed by atoms with E-state index in [2.05, 4.69) is 10.3 Å². The molecule has 23 heavy (non-hydrogen) atoms. The first-order valence-corrected chi connectivity index (χ1v) is 7.26. The zero-order chi connectivity index (χ0) is 16.5. The number of pyridine rings is 1. The molecular weight excluding hydrogens is 298 g/mol. The van der Waals surface area contributed by atoms with Gasteiger partial charge in [0.25, 0.3) is 0 Å². The zero-order valence-electron chi connectivity index (χ0n) is 13.3. The second-order valence-corrected chi connectivity index (χ2v) is 4.86. The molecule has 0 atom stereocenters. The summed E-state index contributed by atoms with van der Waals surface area (Å²) in [5, 5.41) is 2.87. The predicted molar refractivity (Wildman–Crippen MR) is 84.0 cm³/mol. The van der Waals surface area contributed by atoms with Gasteiger partial charge in [-0.25, -0.2) is 9.78 Å². The van der Waals surface area contributed by atoms with Crippen molar-refractivity contribution in [2.75, 3.05) is 27.4 Å². The van der Waals surface area contributed by atoms with Gasteiger partial charge in [-0.1, -0.05) is 6.07 Å². The molecule has 7 nitrogen and oxygen atoms in total. The fourth-order valence-corrected chi connectivity index (χ4v) is 1.97. The maximum absolute atomic E-state index is 12.3. The molecule has 0 radical (unpaired) electrons. The summed E-state index contributed by atoms with van der Waals surface area (Å²) in [5.74, 6) is 1.27. The Bertz CT molecular complexity index is 584. The number of ether oxygens (including phenoxy) is 2. The van der Waals surface area contributed by atoms with Gasteiger partial charge in [0.05, 0.1) is 26.5 Å². The van der Waals surface area contributed by atoms with Crippen LogP contribution in [0.15, 0.2) is 41.1 Å². The van der Waals surface area contributed by atoms with Crippen LogP contribution in [0, 0.1) is 0 Å². The summed E-state index contributed by atoms with van der Waals surface area (Å²) in [7, 11) is 3.16. The predicted octanol–water partition coefficient (Wildman–Crippen LogP) is 2.04. The molecule has 0 aliphatic carbocycles. The molecule has 1 N–H and O–H groups in total. The number of rotatable bonds is 8. The number of furan rings is 1. The lowest BCUT2D eigenvalue weighted by Gasteiger charge is -2.21. The van der Waals surface area contributed by atoms with Crippen LogP contribution in [0.1, 0.15) is 11.3 Å². The lowest BCUT2D eigenvalue weighted by Crippen LogP contribution is -2.40. The van der Waals surface area contributed by atoms with Crippen molar-refractivity contribution >= 4 is 6.03 Å². The molecule has 2 rings (SSSR count). The van der Waals surface area contributed by atoms with Crippen molar-refractivity contribution in [3.8, 4) is 5.88 Å². The topological polar surface area (TPSA) is 76.8 Å². The molecule has 0 aliphatic heterocycles. The second kappa shape index (κ2) is 8.79. The Morgan fingerprint density at radius 3 is 2.83 bits per heavy atom. The van der Waals surface area contributed by atoms with E-state index in [1.807, 2.05) is 12.1 Å². The van der Waals surface area contributed by atoms with E-state index in [0.29, 0.717) is 32.1 Å². The summed E-state index contributed by atoms with van der Waals surface area (Å²) >= 11 is 0. The molecule has 2 aromatic rings. The fraction of sp³-hybridized carbons (Fsp3) is 0.375. The fourth-order valence-electron chi connectivity index (χ4n) is 1.97. The lowest BCUT2D eigenvalue weighted by atomic mass is 10.3. The quantitative estimate of drug-likeness (QED) is 0.806. The van der Waals surface area contributed by atoms with Crippen LogP contribution in [0.4, 0.5) is 4.79 Å². The average molecular weight is 319 g/mol. The number of hydrogen-bond acceptors (Lipinski definition) is 5. The summed E-state index contributed by atoms with van der Waals surface area (Å²) in [4.78, 5) is 18.1. The molecular formula is C16H21N3O4. The van der Waals surface area contributed by atoms with Gasteiger partial charge < -0.3 is 24.1 Å². The highest BCUT2D eigenvalue weighted by Crippen LogP contribution is 2.08. The van der Waals surface area contributed by atoms with Gasteiger partial charge in [-0.3, -0.25) is 0 Å². The Labute approximate surface area is 135 Å². The minimum Gasteiger partial charge on any atom is -0.481 e. The number of nitrogens with one attached hydrogen (secondary N) is 1. The Kier molecular flexibility index (Phi) is 6.43. The highest BCUT2D eigenvalue weighted by Gasteiger charge is 2.14. The van der Waals surface area contributed by atoms with Crippen LogP contribution in [0.25, 0.3) is 0 Å². The van der Waals surface area contributed by atoms with E-state index >= 15 is 0 Å². The SMILES string of the molecule is COCCN(Cc1ccco1)C(=O)NCc1ccc(OC)nc1. The van der Waals surface area contributed by atoms with Crippen LogP contribution in [0.3, 0.4) is 0 Å². The Morgan fingerprint density at radius 2 is 2.22 bits per heavy atom. The minimum absolute atomic E-state index is 0.186. The molecule has 2 amide bonds. The van der Waals surface area contributed by atoms with Crippen molar-refractivity contribution in [3.63, 3.8) is 0 Å². The van der Waals surface area contributed by atoms with Crippen LogP contribution in [0.2, 0.25) is 0 Å². The van der Waals surface area contributed by atoms with Gasteiger partial charge in [-0.05, 0) is 17.7 Å². The van der Waals surface area contributed by atoms with Crippen molar-refractivity contribution in [2.45, 2.75) is 13.1 Å². The minimum atomic E-state index is -0.186. The van der Waals surface area contributed by atoms with E-state index < -0.39 is 0 Å². The molecule has 2 aromatic heterocycles. The number of aromatic nitrogens is 1. The van der Waals surface area contributed by atoms with Crippen molar-refractivity contribution in [3.05, 3.63) is 48.0 Å². The van der Waals surface area contributed by atoms with Gasteiger partial charge in [0.15, 0.2) is 0 Å². The number of hydrogen-bond donors (Lipinski definition) is 1. The van der Waals surface area contributed by atoms with Crippen molar-refractivity contribution in [1.29, 1.82) is 0 Å². The molecule has 124 valence electrons. The maximum Gasteiger partial charge on any atom is 0.318 e. The van der Waals surface area contributed by atoms with Crippen LogP contribution in [-0.2, 0) is 17.8 Å². The molecule has 0 fully saturated rings. The Morgan fingerprint density at radius 1 is 1.35 bits per heavy atom. The third-order valence-corrected chi connectivity index (χ3v) is 3.23. The number of amides is 2. The number of urea groups is 1. The summed E-state index contributed by atoms with van der Waals surface area (Å²) in [5.41, 5.74) is 0.892. The first-order valence-electron chi connectivity index (χ1n) is 7.26. The Balaban J connectivity index is 1.90. The summed E-state index contributed by atoms with van der Waals surface area (Å²) in [6, 6.07) is 7.06. The third-order valence-electron chi connectivity index (χ3n) is 3.23. The van der Waals surface area contributed by atoms with Gasteiger partial charge in [0.2, 0.25) is 5.88 Å². The molecule has 0 saturated carbocycles. The first kappa shape index (κ1) is 16.8. The Hall–Kier alpha value is -2.54. The second-order valence-electron chi connectivity index (χ2n) is 4.86. The monoisotopic (exact) mass is 319 g/mol. The molecule has 0 aromatic carbocycles. The smallest absolute Gasteiger partial charge is 0.318 e. The third kappa shape index (κ3) is 5.30. The molecule has 0 spiro atoms. The van der Waals surface area contributed by atoms with Crippen molar-refractivity contribution in [2.24, 2.45) is 0 Å². The zero-order valence-corrected chi connectivity index (χ0v) is 13.3. The highest BCUT2D eigenvalue weighted by atomic mass is 16.5. The molecule has 2 heterocycles.